The zero-order valence-corrected chi connectivity index (χ0v) is 19.6. The number of alkyl halides is 3. The molecule has 2 aliphatic heterocycles. The van der Waals surface area contributed by atoms with Crippen LogP contribution in [0.5, 0.6) is 0 Å². The first-order chi connectivity index (χ1) is 15.7. The van der Waals surface area contributed by atoms with Crippen LogP contribution in [-0.2, 0) is 34.1 Å². The van der Waals surface area contributed by atoms with Crippen molar-refractivity contribution in [2.45, 2.75) is 75.1 Å². The Hall–Kier alpha value is -2.82. The molecule has 2 bridgehead atoms. The number of hydrogen-bond acceptors (Lipinski definition) is 7. The molecule has 3 rings (SSSR count). The Morgan fingerprint density at radius 1 is 1.06 bits per heavy atom. The summed E-state index contributed by atoms with van der Waals surface area (Å²) >= 11 is 0. The van der Waals surface area contributed by atoms with Gasteiger partial charge in [-0.15, -0.1) is 0 Å². The normalized spacial score (nSPS) is 26.1. The zero-order chi connectivity index (χ0) is 25.5. The molecule has 4 atom stereocenters. The topological polar surface area (TPSA) is 91.4 Å². The number of rotatable bonds is 5. The molecule has 1 amide bonds. The van der Waals surface area contributed by atoms with E-state index in [1.54, 1.807) is 20.8 Å². The number of methoxy groups -OCH3 is 2. The highest BCUT2D eigenvalue weighted by Gasteiger charge is 2.70. The van der Waals surface area contributed by atoms with Gasteiger partial charge in [-0.25, -0.2) is 14.4 Å². The largest absolute Gasteiger partial charge is 0.467 e. The molecule has 2 heterocycles. The van der Waals surface area contributed by atoms with Gasteiger partial charge in [0, 0.05) is 25.1 Å². The summed E-state index contributed by atoms with van der Waals surface area (Å²) < 4.78 is 63.3. The van der Waals surface area contributed by atoms with Crippen LogP contribution in [0, 0.1) is 0 Å². The molecule has 0 aromatic heterocycles. The van der Waals surface area contributed by atoms with E-state index >= 15 is 0 Å². The Morgan fingerprint density at radius 2 is 1.68 bits per heavy atom. The van der Waals surface area contributed by atoms with Crippen molar-refractivity contribution in [1.29, 1.82) is 0 Å². The molecule has 2 aliphatic rings. The van der Waals surface area contributed by atoms with E-state index in [4.69, 9.17) is 18.9 Å². The van der Waals surface area contributed by atoms with E-state index < -0.39 is 58.7 Å². The van der Waals surface area contributed by atoms with Gasteiger partial charge in [-0.3, -0.25) is 4.90 Å². The third-order valence-electron chi connectivity index (χ3n) is 6.22. The fraction of sp³-hybridized carbons (Fsp3) is 0.609. The lowest BCUT2D eigenvalue weighted by Gasteiger charge is -2.38. The number of esters is 2. The second-order valence-corrected chi connectivity index (χ2v) is 9.34. The van der Waals surface area contributed by atoms with E-state index in [2.05, 4.69) is 0 Å². The van der Waals surface area contributed by atoms with Crippen LogP contribution in [0.2, 0.25) is 0 Å². The van der Waals surface area contributed by atoms with Crippen LogP contribution in [-0.4, -0.2) is 66.6 Å². The van der Waals surface area contributed by atoms with E-state index in [9.17, 15) is 27.6 Å². The monoisotopic (exact) mass is 487 g/mol. The van der Waals surface area contributed by atoms with Crippen LogP contribution in [0.1, 0.15) is 45.6 Å². The lowest BCUT2D eigenvalue weighted by atomic mass is 9.84. The van der Waals surface area contributed by atoms with Gasteiger partial charge in [0.2, 0.25) is 0 Å². The summed E-state index contributed by atoms with van der Waals surface area (Å²) in [6, 6.07) is 5.78. The van der Waals surface area contributed by atoms with Gasteiger partial charge in [-0.2, -0.15) is 13.2 Å². The first-order valence-electron chi connectivity index (χ1n) is 10.7. The van der Waals surface area contributed by atoms with Crippen molar-refractivity contribution < 1.29 is 46.5 Å². The van der Waals surface area contributed by atoms with E-state index in [0.29, 0.717) is 6.42 Å². The van der Waals surface area contributed by atoms with Crippen LogP contribution in [0.3, 0.4) is 0 Å². The Balaban J connectivity index is 2.01. The van der Waals surface area contributed by atoms with Crippen LogP contribution in [0.4, 0.5) is 18.0 Å². The lowest BCUT2D eigenvalue weighted by molar-refractivity contribution is -0.279. The first kappa shape index (κ1) is 25.8. The average Bonchev–Trinajstić information content (AvgIpc) is 3.26. The summed E-state index contributed by atoms with van der Waals surface area (Å²) in [5.74, 6) is -2.63. The number of nitrogens with zero attached hydrogens (tertiary/aromatic N) is 1. The van der Waals surface area contributed by atoms with Crippen molar-refractivity contribution in [3.63, 3.8) is 0 Å². The summed E-state index contributed by atoms with van der Waals surface area (Å²) in [6.07, 6.45) is -7.04. The van der Waals surface area contributed by atoms with Gasteiger partial charge in [0.15, 0.2) is 5.54 Å². The summed E-state index contributed by atoms with van der Waals surface area (Å²) in [6.45, 7) is 4.92. The van der Waals surface area contributed by atoms with Crippen molar-refractivity contribution in [1.82, 2.24) is 4.90 Å². The van der Waals surface area contributed by atoms with Crippen LogP contribution >= 0.6 is 0 Å². The highest BCUT2D eigenvalue weighted by atomic mass is 19.4. The zero-order valence-electron chi connectivity index (χ0n) is 19.6. The average molecular weight is 487 g/mol. The molecule has 2 fully saturated rings. The second kappa shape index (κ2) is 8.75. The minimum Gasteiger partial charge on any atom is -0.467 e. The lowest BCUT2D eigenvalue weighted by Crippen LogP contribution is -2.60. The minimum absolute atomic E-state index is 0.0405. The predicted octanol–water partition coefficient (Wildman–Crippen LogP) is 3.72. The maximum Gasteiger partial charge on any atom is 0.432 e. The molecule has 8 nitrogen and oxygen atoms in total. The number of benzene rings is 1. The highest BCUT2D eigenvalue weighted by Crippen LogP contribution is 2.51. The van der Waals surface area contributed by atoms with E-state index in [-0.39, 0.29) is 12.8 Å². The van der Waals surface area contributed by atoms with Crippen molar-refractivity contribution in [2.24, 2.45) is 0 Å². The predicted molar refractivity (Wildman–Crippen MR) is 112 cm³/mol. The van der Waals surface area contributed by atoms with Crippen LogP contribution in [0.15, 0.2) is 30.3 Å². The molecule has 4 unspecified atom stereocenters. The molecule has 188 valence electrons. The number of ether oxygens (including phenoxy) is 4. The fourth-order valence-corrected chi connectivity index (χ4v) is 4.82. The number of fused-ring (bicyclic) bond motifs is 2. The smallest absolute Gasteiger partial charge is 0.432 e. The highest BCUT2D eigenvalue weighted by molar-refractivity contribution is 5.90. The molecule has 1 aromatic carbocycles. The molecular formula is C23H28F3NO7. The molecule has 11 heteroatoms. The fourth-order valence-electron chi connectivity index (χ4n) is 4.82. The minimum atomic E-state index is -5.18. The number of amides is 1. The SMILES string of the molecule is COC(=O)C12CCC(CC1OC(=O)C(OC)(c1ccccc1)C(F)(F)F)N2C(=O)OC(C)(C)C. The Kier molecular flexibility index (Phi) is 6.64. The van der Waals surface area contributed by atoms with Crippen molar-refractivity contribution in [3.8, 4) is 0 Å². The molecule has 0 N–H and O–H groups in total. The summed E-state index contributed by atoms with van der Waals surface area (Å²) in [5, 5.41) is 0. The third-order valence-corrected chi connectivity index (χ3v) is 6.22. The molecule has 2 saturated heterocycles. The van der Waals surface area contributed by atoms with Gasteiger partial charge in [-0.05, 0) is 33.6 Å². The van der Waals surface area contributed by atoms with E-state index in [1.165, 1.54) is 18.2 Å². The van der Waals surface area contributed by atoms with Gasteiger partial charge < -0.3 is 18.9 Å². The van der Waals surface area contributed by atoms with Gasteiger partial charge >= 0.3 is 24.2 Å². The van der Waals surface area contributed by atoms with Gasteiger partial charge in [-0.1, -0.05) is 30.3 Å². The quantitative estimate of drug-likeness (QED) is 0.462. The van der Waals surface area contributed by atoms with E-state index in [1.807, 2.05) is 0 Å². The third kappa shape index (κ3) is 3.99. The Morgan fingerprint density at radius 3 is 2.18 bits per heavy atom. The molecule has 0 aliphatic carbocycles. The Bertz CT molecular complexity index is 946. The summed E-state index contributed by atoms with van der Waals surface area (Å²) in [7, 11) is 1.85. The molecule has 1 aromatic rings. The standard InChI is InChI=1S/C23H28F3NO7/c1-20(2,3)34-19(30)27-15-11-12-21(27,17(28)31-4)16(13-15)33-18(29)22(32-5,23(24,25)26)14-9-7-6-8-10-14/h6-10,15-16H,11-13H2,1-5H3. The van der Waals surface area contributed by atoms with Crippen LogP contribution in [0.25, 0.3) is 0 Å². The molecule has 34 heavy (non-hydrogen) atoms. The van der Waals surface area contributed by atoms with E-state index in [0.717, 1.165) is 31.3 Å². The maximum absolute atomic E-state index is 14.3. The molecule has 0 spiro atoms. The number of carbonyl (C=O) groups is 3. The molecular weight excluding hydrogens is 459 g/mol. The maximum atomic E-state index is 14.3. The van der Waals surface area contributed by atoms with Crippen molar-refractivity contribution >= 4 is 18.0 Å². The number of carbonyl (C=O) groups excluding carboxylic acids is 3. The number of halogens is 3. The summed E-state index contributed by atoms with van der Waals surface area (Å²) in [4.78, 5) is 40.2. The van der Waals surface area contributed by atoms with Crippen molar-refractivity contribution in [2.75, 3.05) is 14.2 Å². The Labute approximate surface area is 195 Å². The van der Waals surface area contributed by atoms with Gasteiger partial charge in [0.25, 0.3) is 5.60 Å². The van der Waals surface area contributed by atoms with Crippen LogP contribution < -0.4 is 0 Å². The van der Waals surface area contributed by atoms with Gasteiger partial charge in [0.05, 0.1) is 7.11 Å². The summed E-state index contributed by atoms with van der Waals surface area (Å²) in [5.41, 5.74) is -6.60. The second-order valence-electron chi connectivity index (χ2n) is 9.34. The first-order valence-corrected chi connectivity index (χ1v) is 10.7. The number of hydrogen-bond donors (Lipinski definition) is 0. The molecule has 0 radical (unpaired) electrons. The van der Waals surface area contributed by atoms with Gasteiger partial charge in [0.1, 0.15) is 11.7 Å². The molecule has 0 saturated carbocycles. The van der Waals surface area contributed by atoms with Crippen molar-refractivity contribution in [3.05, 3.63) is 35.9 Å².